The average molecular weight is 815 g/mol. The Kier molecular flexibility index (Phi) is 12.4. The third kappa shape index (κ3) is 9.45. The van der Waals surface area contributed by atoms with Crippen molar-refractivity contribution in [1.82, 2.24) is 4.90 Å². The lowest BCUT2D eigenvalue weighted by molar-refractivity contribution is -0.605. The Morgan fingerprint density at radius 3 is 2.27 bits per heavy atom. The predicted octanol–water partition coefficient (Wildman–Crippen LogP) is 9.07. The van der Waals surface area contributed by atoms with Crippen LogP contribution in [0, 0.1) is 16.9 Å². The largest absolute Gasteiger partial charge is 0.619 e. The standard InChI is InChI=1S/C41H40Cl2F3N3O7/c42-31-22-48(52)23-32(43)30(31)20-36(28-13-14-35(55-40(45)46)37(19-28)53-29-5-1-2-6-29)54-39(50)27-11-9-25(10-12-27)21-49(34-8-4-3-7-33(34)44)41(51)56-38-24-47-17-15-26(38)16-18-47/h3-4,7-14,19,22-23,26,29,36,38,40H,1-2,5-6,15-18,20-21,24H2/t36?,38-/m0/s1. The first-order chi connectivity index (χ1) is 27.0. The third-order valence-electron chi connectivity index (χ3n) is 10.6. The molecule has 0 spiro atoms. The summed E-state index contributed by atoms with van der Waals surface area (Å²) in [5.74, 6) is -1.18. The van der Waals surface area contributed by atoms with Crippen molar-refractivity contribution in [3.05, 3.63) is 122 Å². The number of fused-ring (bicyclic) bond motifs is 3. The Balaban J connectivity index is 1.13. The maximum atomic E-state index is 15.1. The highest BCUT2D eigenvalue weighted by Crippen LogP contribution is 2.38. The van der Waals surface area contributed by atoms with Gasteiger partial charge in [0.2, 0.25) is 0 Å². The highest BCUT2D eigenvalue weighted by Gasteiger charge is 2.38. The van der Waals surface area contributed by atoms with Crippen LogP contribution in [0.3, 0.4) is 0 Å². The molecule has 8 rings (SSSR count). The van der Waals surface area contributed by atoms with E-state index in [0.717, 1.165) is 64.0 Å². The quantitative estimate of drug-likeness (QED) is 0.0749. The molecule has 56 heavy (non-hydrogen) atoms. The van der Waals surface area contributed by atoms with Crippen molar-refractivity contribution in [2.45, 2.75) is 76.4 Å². The van der Waals surface area contributed by atoms with Gasteiger partial charge in [0.25, 0.3) is 0 Å². The van der Waals surface area contributed by atoms with Gasteiger partial charge in [-0.2, -0.15) is 13.5 Å². The Bertz CT molecular complexity index is 2010. The van der Waals surface area contributed by atoms with Crippen molar-refractivity contribution in [2.24, 2.45) is 5.92 Å². The van der Waals surface area contributed by atoms with E-state index in [1.54, 1.807) is 18.2 Å². The molecule has 4 heterocycles. The number of halogens is 5. The smallest absolute Gasteiger partial charge is 0.415 e. The van der Waals surface area contributed by atoms with Crippen molar-refractivity contribution in [3.63, 3.8) is 0 Å². The number of hydrogen-bond donors (Lipinski definition) is 0. The van der Waals surface area contributed by atoms with E-state index in [4.69, 9.17) is 42.1 Å². The molecule has 3 saturated heterocycles. The minimum atomic E-state index is -3.10. The zero-order chi connectivity index (χ0) is 39.3. The number of ether oxygens (including phenoxy) is 4. The van der Waals surface area contributed by atoms with E-state index < -0.39 is 30.6 Å². The topological polar surface area (TPSA) is 104 Å². The molecule has 4 aromatic rings. The van der Waals surface area contributed by atoms with Crippen LogP contribution in [0.15, 0.2) is 79.1 Å². The minimum Gasteiger partial charge on any atom is -0.619 e. The first kappa shape index (κ1) is 39.5. The van der Waals surface area contributed by atoms with Gasteiger partial charge in [0, 0.05) is 18.5 Å². The monoisotopic (exact) mass is 813 g/mol. The molecule has 2 atom stereocenters. The molecule has 1 aliphatic carbocycles. The fourth-order valence-corrected chi connectivity index (χ4v) is 8.22. The molecule has 4 fully saturated rings. The molecule has 296 valence electrons. The van der Waals surface area contributed by atoms with Crippen LogP contribution in [-0.2, 0) is 22.4 Å². The fraction of sp³-hybridized carbons (Fsp3) is 0.390. The number of pyridine rings is 1. The molecule has 3 aliphatic heterocycles. The number of benzene rings is 3. The number of nitrogens with zero attached hydrogens (tertiary/aromatic N) is 3. The number of amides is 1. The Morgan fingerprint density at radius 1 is 0.929 bits per heavy atom. The Labute approximate surface area is 332 Å². The van der Waals surface area contributed by atoms with Gasteiger partial charge in [-0.25, -0.2) is 14.0 Å². The summed E-state index contributed by atoms with van der Waals surface area (Å²) in [7, 11) is 0. The van der Waals surface area contributed by atoms with Crippen LogP contribution < -0.4 is 19.1 Å². The van der Waals surface area contributed by atoms with Gasteiger partial charge in [0.1, 0.15) is 28.1 Å². The van der Waals surface area contributed by atoms with Crippen LogP contribution in [0.5, 0.6) is 11.5 Å². The molecule has 1 saturated carbocycles. The van der Waals surface area contributed by atoms with Gasteiger partial charge in [0.05, 0.1) is 23.9 Å². The first-order valence-corrected chi connectivity index (χ1v) is 19.3. The predicted molar refractivity (Wildman–Crippen MR) is 202 cm³/mol. The van der Waals surface area contributed by atoms with Gasteiger partial charge in [-0.3, -0.25) is 9.80 Å². The molecule has 10 nitrogen and oxygen atoms in total. The Morgan fingerprint density at radius 2 is 1.62 bits per heavy atom. The van der Waals surface area contributed by atoms with Crippen molar-refractivity contribution in [1.29, 1.82) is 0 Å². The van der Waals surface area contributed by atoms with Crippen LogP contribution in [0.2, 0.25) is 10.0 Å². The molecule has 0 radical (unpaired) electrons. The summed E-state index contributed by atoms with van der Waals surface area (Å²) in [6.07, 6.45) is 5.16. The van der Waals surface area contributed by atoms with Crippen molar-refractivity contribution >= 4 is 41.0 Å². The molecule has 1 unspecified atom stereocenters. The van der Waals surface area contributed by atoms with Crippen LogP contribution in [0.1, 0.15) is 71.7 Å². The lowest BCUT2D eigenvalue weighted by Gasteiger charge is -2.44. The van der Waals surface area contributed by atoms with Crippen LogP contribution in [0.4, 0.5) is 23.7 Å². The maximum Gasteiger partial charge on any atom is 0.415 e. The summed E-state index contributed by atoms with van der Waals surface area (Å²) in [5, 5.41) is 12.0. The van der Waals surface area contributed by atoms with Gasteiger partial charge in [0.15, 0.2) is 23.9 Å². The summed E-state index contributed by atoms with van der Waals surface area (Å²) in [6, 6.07) is 16.5. The molecular formula is C41H40Cl2F3N3O7. The SMILES string of the molecule is O=C(OC(Cc1c(Cl)c[n+]([O-])cc1Cl)c1ccc(OC(F)F)c(OC2CCCC2)c1)c1ccc(CN(C(=O)O[C@H]2CN3CCC2CC3)c2ccccc2F)cc1. The summed E-state index contributed by atoms with van der Waals surface area (Å²) in [5.41, 5.74) is 1.49. The summed E-state index contributed by atoms with van der Waals surface area (Å²) in [6.45, 7) is -0.556. The van der Waals surface area contributed by atoms with E-state index in [0.29, 0.717) is 28.0 Å². The van der Waals surface area contributed by atoms with Gasteiger partial charge in [-0.15, -0.1) is 0 Å². The van der Waals surface area contributed by atoms with Crippen LogP contribution in [-0.4, -0.2) is 55.4 Å². The second-order valence-electron chi connectivity index (χ2n) is 14.3. The van der Waals surface area contributed by atoms with Crippen molar-refractivity contribution in [2.75, 3.05) is 24.5 Å². The molecule has 2 bridgehead atoms. The Hall–Kier alpha value is -4.72. The van der Waals surface area contributed by atoms with Gasteiger partial charge < -0.3 is 24.2 Å². The molecule has 1 amide bonds. The third-order valence-corrected chi connectivity index (χ3v) is 11.2. The highest BCUT2D eigenvalue weighted by molar-refractivity contribution is 6.35. The molecular weight excluding hydrogens is 774 g/mol. The summed E-state index contributed by atoms with van der Waals surface area (Å²) < 4.78 is 65.1. The lowest BCUT2D eigenvalue weighted by Crippen LogP contribution is -2.53. The number of anilines is 1. The normalized spacial score (nSPS) is 19.8. The highest BCUT2D eigenvalue weighted by atomic mass is 35.5. The number of aromatic nitrogens is 1. The first-order valence-electron chi connectivity index (χ1n) is 18.6. The van der Waals surface area contributed by atoms with Gasteiger partial charge >= 0.3 is 18.7 Å². The van der Waals surface area contributed by atoms with E-state index >= 15 is 4.39 Å². The van der Waals surface area contributed by atoms with E-state index in [2.05, 4.69) is 4.90 Å². The van der Waals surface area contributed by atoms with E-state index in [-0.39, 0.29) is 63.9 Å². The summed E-state index contributed by atoms with van der Waals surface area (Å²) in [4.78, 5) is 30.9. The van der Waals surface area contributed by atoms with Crippen LogP contribution in [0.25, 0.3) is 0 Å². The number of carbonyl (C=O) groups excluding carboxylic acids is 2. The van der Waals surface area contributed by atoms with Gasteiger partial charge in [-0.1, -0.05) is 53.5 Å². The fourth-order valence-electron chi connectivity index (χ4n) is 7.62. The zero-order valence-electron chi connectivity index (χ0n) is 30.3. The second-order valence-corrected chi connectivity index (χ2v) is 15.1. The number of alkyl halides is 2. The molecule has 0 N–H and O–H groups in total. The molecule has 4 aliphatic rings. The number of carbonyl (C=O) groups is 2. The number of hydrogen-bond acceptors (Lipinski definition) is 8. The second kappa shape index (κ2) is 17.6. The van der Waals surface area contributed by atoms with Gasteiger partial charge in [-0.05, 0) is 105 Å². The van der Waals surface area contributed by atoms with Crippen molar-refractivity contribution < 1.29 is 46.4 Å². The maximum absolute atomic E-state index is 15.1. The average Bonchev–Trinajstić information content (AvgIpc) is 3.69. The molecule has 15 heteroatoms. The van der Waals surface area contributed by atoms with E-state index in [1.165, 1.54) is 53.4 Å². The number of para-hydroxylation sites is 1. The number of rotatable bonds is 13. The number of piperidine rings is 3. The van der Waals surface area contributed by atoms with Crippen molar-refractivity contribution in [3.8, 4) is 11.5 Å². The minimum absolute atomic E-state index is 0.0319. The van der Waals surface area contributed by atoms with Crippen LogP contribution >= 0.6 is 23.2 Å². The summed E-state index contributed by atoms with van der Waals surface area (Å²) >= 11 is 12.8. The lowest BCUT2D eigenvalue weighted by atomic mass is 9.86. The van der Waals surface area contributed by atoms with E-state index in [1.807, 2.05) is 0 Å². The van der Waals surface area contributed by atoms with E-state index in [9.17, 15) is 23.6 Å². The molecule has 1 aromatic heterocycles. The molecule has 3 aromatic carbocycles. The number of esters is 1. The zero-order valence-corrected chi connectivity index (χ0v) is 31.8.